The van der Waals surface area contributed by atoms with Gasteiger partial charge in [-0.2, -0.15) is 0 Å². The first-order chi connectivity index (χ1) is 10.6. The van der Waals surface area contributed by atoms with Crippen molar-refractivity contribution in [1.29, 1.82) is 0 Å². The van der Waals surface area contributed by atoms with Crippen LogP contribution in [-0.4, -0.2) is 16.9 Å². The number of ketones is 1. The van der Waals surface area contributed by atoms with Crippen LogP contribution >= 0.6 is 0 Å². The SMILES string of the molecule is CC1=CC(=O)C[C@@H]2[C@@](C)(CC/C(C)=C\C(=O)O)[C@@H](C)CC[C@@]12C. The molecule has 0 radical (unpaired) electrons. The predicted octanol–water partition coefficient (Wildman–Crippen LogP) is 4.78. The van der Waals surface area contributed by atoms with Gasteiger partial charge in [0.15, 0.2) is 5.78 Å². The molecule has 128 valence electrons. The summed E-state index contributed by atoms with van der Waals surface area (Å²) < 4.78 is 0. The van der Waals surface area contributed by atoms with Crippen LogP contribution in [0, 0.1) is 22.7 Å². The van der Waals surface area contributed by atoms with Gasteiger partial charge in [-0.15, -0.1) is 0 Å². The van der Waals surface area contributed by atoms with E-state index in [1.807, 2.05) is 13.0 Å². The first-order valence-electron chi connectivity index (χ1n) is 8.71. The zero-order chi connectivity index (χ0) is 17.4. The summed E-state index contributed by atoms with van der Waals surface area (Å²) in [5.74, 6) is 0.287. The second-order valence-corrected chi connectivity index (χ2v) is 8.24. The van der Waals surface area contributed by atoms with Crippen molar-refractivity contribution in [3.8, 4) is 0 Å². The third kappa shape index (κ3) is 3.29. The molecule has 0 aliphatic heterocycles. The molecule has 23 heavy (non-hydrogen) atoms. The Kier molecular flexibility index (Phi) is 4.89. The smallest absolute Gasteiger partial charge is 0.328 e. The number of carboxylic acid groups (broad SMARTS) is 1. The first-order valence-corrected chi connectivity index (χ1v) is 8.71. The Balaban J connectivity index is 2.29. The number of hydrogen-bond acceptors (Lipinski definition) is 2. The van der Waals surface area contributed by atoms with Crippen LogP contribution in [0.15, 0.2) is 23.3 Å². The van der Waals surface area contributed by atoms with Gasteiger partial charge in [0.05, 0.1) is 0 Å². The number of rotatable bonds is 4. The zero-order valence-corrected chi connectivity index (χ0v) is 15.1. The van der Waals surface area contributed by atoms with Crippen LogP contribution in [0.4, 0.5) is 0 Å². The van der Waals surface area contributed by atoms with Crippen molar-refractivity contribution in [2.24, 2.45) is 22.7 Å². The molecule has 0 bridgehead atoms. The third-order valence-electron chi connectivity index (χ3n) is 6.90. The molecule has 2 rings (SSSR count). The van der Waals surface area contributed by atoms with Crippen molar-refractivity contribution in [2.75, 3.05) is 0 Å². The normalized spacial score (nSPS) is 38.0. The van der Waals surface area contributed by atoms with Crippen molar-refractivity contribution in [1.82, 2.24) is 0 Å². The fourth-order valence-corrected chi connectivity index (χ4v) is 4.86. The predicted molar refractivity (Wildman–Crippen MR) is 92.1 cm³/mol. The molecule has 0 aromatic carbocycles. The summed E-state index contributed by atoms with van der Waals surface area (Å²) in [7, 11) is 0. The van der Waals surface area contributed by atoms with Crippen LogP contribution in [0.2, 0.25) is 0 Å². The van der Waals surface area contributed by atoms with E-state index in [0.29, 0.717) is 18.3 Å². The number of aliphatic carboxylic acids is 1. The molecule has 1 saturated carbocycles. The number of hydrogen-bond donors (Lipinski definition) is 1. The van der Waals surface area contributed by atoms with E-state index < -0.39 is 5.97 Å². The Morgan fingerprint density at radius 2 is 2.09 bits per heavy atom. The van der Waals surface area contributed by atoms with Gasteiger partial charge in [-0.1, -0.05) is 31.9 Å². The number of fused-ring (bicyclic) bond motifs is 1. The molecule has 0 unspecified atom stereocenters. The molecule has 0 saturated heterocycles. The third-order valence-corrected chi connectivity index (χ3v) is 6.90. The Labute approximate surface area is 139 Å². The topological polar surface area (TPSA) is 54.4 Å². The summed E-state index contributed by atoms with van der Waals surface area (Å²) in [5.41, 5.74) is 2.33. The van der Waals surface area contributed by atoms with Crippen LogP contribution in [-0.2, 0) is 9.59 Å². The second kappa shape index (κ2) is 6.26. The highest BCUT2D eigenvalue weighted by atomic mass is 16.4. The fourth-order valence-electron chi connectivity index (χ4n) is 4.86. The fraction of sp³-hybridized carbons (Fsp3) is 0.700. The van der Waals surface area contributed by atoms with Crippen LogP contribution in [0.25, 0.3) is 0 Å². The van der Waals surface area contributed by atoms with Gasteiger partial charge in [-0.05, 0) is 68.3 Å². The van der Waals surface area contributed by atoms with E-state index in [4.69, 9.17) is 5.11 Å². The highest BCUT2D eigenvalue weighted by molar-refractivity contribution is 5.92. The second-order valence-electron chi connectivity index (χ2n) is 8.24. The van der Waals surface area contributed by atoms with E-state index in [0.717, 1.165) is 24.8 Å². The summed E-state index contributed by atoms with van der Waals surface area (Å²) in [4.78, 5) is 23.0. The van der Waals surface area contributed by atoms with Crippen LogP contribution in [0.1, 0.15) is 66.7 Å². The minimum absolute atomic E-state index is 0.0752. The minimum atomic E-state index is -0.874. The van der Waals surface area contributed by atoms with Crippen LogP contribution < -0.4 is 0 Å². The lowest BCUT2D eigenvalue weighted by molar-refractivity contribution is -0.131. The maximum atomic E-state index is 12.2. The van der Waals surface area contributed by atoms with Gasteiger partial charge < -0.3 is 5.11 Å². The molecular formula is C20H30O3. The monoisotopic (exact) mass is 318 g/mol. The van der Waals surface area contributed by atoms with E-state index in [9.17, 15) is 9.59 Å². The van der Waals surface area contributed by atoms with E-state index in [2.05, 4.69) is 27.7 Å². The first kappa shape index (κ1) is 18.0. The van der Waals surface area contributed by atoms with Gasteiger partial charge in [0.1, 0.15) is 0 Å². The molecule has 4 atom stereocenters. The lowest BCUT2D eigenvalue weighted by atomic mass is 9.47. The summed E-state index contributed by atoms with van der Waals surface area (Å²) in [6.07, 6.45) is 7.85. The van der Waals surface area contributed by atoms with E-state index in [1.165, 1.54) is 18.1 Å². The molecule has 0 aromatic heterocycles. The number of allylic oxidation sites excluding steroid dienone is 3. The van der Waals surface area contributed by atoms with Crippen LogP contribution in [0.3, 0.4) is 0 Å². The Bertz CT molecular complexity index is 571. The molecule has 3 heteroatoms. The average Bonchev–Trinajstić information content (AvgIpc) is 2.44. The van der Waals surface area contributed by atoms with Crippen molar-refractivity contribution < 1.29 is 14.7 Å². The van der Waals surface area contributed by atoms with Gasteiger partial charge in [0, 0.05) is 12.5 Å². The van der Waals surface area contributed by atoms with Gasteiger partial charge in [0.2, 0.25) is 0 Å². The minimum Gasteiger partial charge on any atom is -0.478 e. The molecule has 2 aliphatic carbocycles. The van der Waals surface area contributed by atoms with E-state index >= 15 is 0 Å². The average molecular weight is 318 g/mol. The molecule has 0 amide bonds. The van der Waals surface area contributed by atoms with E-state index in [1.54, 1.807) is 0 Å². The largest absolute Gasteiger partial charge is 0.478 e. The summed E-state index contributed by atoms with van der Waals surface area (Å²) in [5, 5.41) is 8.91. The van der Waals surface area contributed by atoms with Gasteiger partial charge >= 0.3 is 5.97 Å². The Morgan fingerprint density at radius 1 is 1.43 bits per heavy atom. The summed E-state index contributed by atoms with van der Waals surface area (Å²) in [6, 6.07) is 0. The van der Waals surface area contributed by atoms with Crippen molar-refractivity contribution in [3.05, 3.63) is 23.3 Å². The molecule has 2 aliphatic rings. The van der Waals surface area contributed by atoms with Crippen molar-refractivity contribution in [3.63, 3.8) is 0 Å². The molecule has 3 nitrogen and oxygen atoms in total. The number of carbonyl (C=O) groups excluding carboxylic acids is 1. The quantitative estimate of drug-likeness (QED) is 0.759. The summed E-state index contributed by atoms with van der Waals surface area (Å²) in [6.45, 7) is 10.9. The number of carboxylic acids is 1. The maximum absolute atomic E-state index is 12.2. The molecular weight excluding hydrogens is 288 g/mol. The molecule has 0 heterocycles. The standard InChI is InChI=1S/C20H30O3/c1-13(10-18(22)23)6-8-19(4)14(2)7-9-20(5)15(3)11-16(21)12-17(19)20/h10-11,14,17H,6-9,12H2,1-5H3,(H,22,23)/b13-10-/t14-,17+,19-,20-/m0/s1. The highest BCUT2D eigenvalue weighted by Crippen LogP contribution is 2.61. The molecule has 1 N–H and O–H groups in total. The lowest BCUT2D eigenvalue weighted by Crippen LogP contribution is -2.50. The maximum Gasteiger partial charge on any atom is 0.328 e. The van der Waals surface area contributed by atoms with Crippen molar-refractivity contribution in [2.45, 2.75) is 66.7 Å². The molecule has 0 aromatic rings. The van der Waals surface area contributed by atoms with Gasteiger partial charge in [-0.3, -0.25) is 4.79 Å². The molecule has 0 spiro atoms. The lowest BCUT2D eigenvalue weighted by Gasteiger charge is -2.57. The van der Waals surface area contributed by atoms with Crippen molar-refractivity contribution >= 4 is 11.8 Å². The Morgan fingerprint density at radius 3 is 2.70 bits per heavy atom. The van der Waals surface area contributed by atoms with Gasteiger partial charge in [0.25, 0.3) is 0 Å². The van der Waals surface area contributed by atoms with Gasteiger partial charge in [-0.25, -0.2) is 4.79 Å². The Hall–Kier alpha value is -1.38. The highest BCUT2D eigenvalue weighted by Gasteiger charge is 2.54. The van der Waals surface area contributed by atoms with Crippen LogP contribution in [0.5, 0.6) is 0 Å². The zero-order valence-electron chi connectivity index (χ0n) is 15.1. The summed E-state index contributed by atoms with van der Waals surface area (Å²) >= 11 is 0. The molecule has 1 fully saturated rings. The van der Waals surface area contributed by atoms with E-state index in [-0.39, 0.29) is 16.6 Å². The number of carbonyl (C=O) groups is 2.